The van der Waals surface area contributed by atoms with Crippen molar-refractivity contribution in [1.29, 1.82) is 0 Å². The molecule has 1 heteroatoms. The maximum absolute atomic E-state index is 2.62. The first-order valence-corrected chi connectivity index (χ1v) is 21.4. The largest absolute Gasteiger partial charge is 0.309 e. The van der Waals surface area contributed by atoms with Crippen LogP contribution in [0.3, 0.4) is 0 Å². The van der Waals surface area contributed by atoms with Crippen molar-refractivity contribution in [3.8, 4) is 33.4 Å². The molecular weight excluding hydrogens is 735 g/mol. The summed E-state index contributed by atoms with van der Waals surface area (Å²) in [6.07, 6.45) is 0. The van der Waals surface area contributed by atoms with Gasteiger partial charge in [-0.2, -0.15) is 0 Å². The Morgan fingerprint density at radius 3 is 1.48 bits per heavy atom. The SMILES string of the molecule is CC1(c2ccccc2)c2ccccc2-c2ccc(N(c3cccc4c3-c3ccccc3C4(C)c3ccccc3)c3c(-c4ccccc4)c4ccccc4c4ccccc34)cc21. The molecule has 2 aliphatic carbocycles. The molecule has 0 amide bonds. The molecule has 1 nitrogen and oxygen atoms in total. The van der Waals surface area contributed by atoms with E-state index < -0.39 is 0 Å². The van der Waals surface area contributed by atoms with Gasteiger partial charge < -0.3 is 4.90 Å². The monoisotopic (exact) mass is 777 g/mol. The molecule has 10 aromatic rings. The van der Waals surface area contributed by atoms with Crippen molar-refractivity contribution < 1.29 is 0 Å². The van der Waals surface area contributed by atoms with Crippen LogP contribution in [0.2, 0.25) is 0 Å². The highest BCUT2D eigenvalue weighted by Gasteiger charge is 2.44. The van der Waals surface area contributed by atoms with Gasteiger partial charge in [0.1, 0.15) is 0 Å². The maximum Gasteiger partial charge on any atom is 0.0625 e. The molecule has 0 bridgehead atoms. The van der Waals surface area contributed by atoms with E-state index in [9.17, 15) is 0 Å². The third-order valence-corrected chi connectivity index (χ3v) is 14.0. The number of hydrogen-bond acceptors (Lipinski definition) is 1. The molecule has 2 aliphatic rings. The van der Waals surface area contributed by atoms with E-state index in [0.29, 0.717) is 0 Å². The molecular formula is C60H43N. The summed E-state index contributed by atoms with van der Waals surface area (Å²) < 4.78 is 0. The smallest absolute Gasteiger partial charge is 0.0625 e. The normalized spacial score (nSPS) is 17.1. The van der Waals surface area contributed by atoms with E-state index >= 15 is 0 Å². The van der Waals surface area contributed by atoms with Crippen molar-refractivity contribution in [3.05, 3.63) is 258 Å². The third-order valence-electron chi connectivity index (χ3n) is 14.0. The zero-order valence-corrected chi connectivity index (χ0v) is 34.3. The van der Waals surface area contributed by atoms with Gasteiger partial charge in [0.05, 0.1) is 11.4 Å². The minimum atomic E-state index is -0.361. The van der Waals surface area contributed by atoms with Gasteiger partial charge in [0.25, 0.3) is 0 Å². The molecule has 0 spiro atoms. The summed E-state index contributed by atoms with van der Waals surface area (Å²) in [6.45, 7) is 4.84. The van der Waals surface area contributed by atoms with E-state index in [2.05, 4.69) is 243 Å². The van der Waals surface area contributed by atoms with Gasteiger partial charge in [-0.3, -0.25) is 0 Å². The first-order chi connectivity index (χ1) is 30.1. The molecule has 0 heterocycles. The topological polar surface area (TPSA) is 3.24 Å². The fourth-order valence-electron chi connectivity index (χ4n) is 11.1. The fraction of sp³-hybridized carbons (Fsp3) is 0.0667. The van der Waals surface area contributed by atoms with Gasteiger partial charge in [0, 0.05) is 33.0 Å². The summed E-state index contributed by atoms with van der Waals surface area (Å²) in [5, 5.41) is 4.94. The second kappa shape index (κ2) is 13.5. The van der Waals surface area contributed by atoms with Crippen LogP contribution in [0.25, 0.3) is 54.9 Å². The van der Waals surface area contributed by atoms with E-state index in [1.54, 1.807) is 0 Å². The summed E-state index contributed by atoms with van der Waals surface area (Å²) in [5.74, 6) is 0. The van der Waals surface area contributed by atoms with Gasteiger partial charge in [-0.25, -0.2) is 0 Å². The Bertz CT molecular complexity index is 3330. The Labute approximate surface area is 357 Å². The molecule has 0 N–H and O–H groups in total. The second-order valence-corrected chi connectivity index (χ2v) is 17.0. The summed E-state index contributed by atoms with van der Waals surface area (Å²) in [4.78, 5) is 2.62. The van der Waals surface area contributed by atoms with Crippen LogP contribution in [0.5, 0.6) is 0 Å². The number of anilines is 3. The van der Waals surface area contributed by atoms with Crippen LogP contribution >= 0.6 is 0 Å². The Kier molecular flexibility index (Phi) is 7.86. The van der Waals surface area contributed by atoms with Crippen LogP contribution < -0.4 is 4.90 Å². The number of nitrogens with zero attached hydrogens (tertiary/aromatic N) is 1. The Morgan fingerprint density at radius 2 is 0.803 bits per heavy atom. The van der Waals surface area contributed by atoms with Crippen molar-refractivity contribution in [1.82, 2.24) is 0 Å². The molecule has 2 unspecified atom stereocenters. The molecule has 288 valence electrons. The third kappa shape index (κ3) is 5.01. The average Bonchev–Trinajstić information content (AvgIpc) is 3.76. The van der Waals surface area contributed by atoms with Crippen LogP contribution in [0.15, 0.2) is 224 Å². The lowest BCUT2D eigenvalue weighted by Crippen LogP contribution is -2.23. The van der Waals surface area contributed by atoms with E-state index in [1.807, 2.05) is 0 Å². The zero-order valence-electron chi connectivity index (χ0n) is 34.3. The number of hydrogen-bond donors (Lipinski definition) is 0. The van der Waals surface area contributed by atoms with Gasteiger partial charge in [-0.05, 0) is 104 Å². The minimum Gasteiger partial charge on any atom is -0.309 e. The first kappa shape index (κ1) is 35.5. The summed E-state index contributed by atoms with van der Waals surface area (Å²) in [6, 6.07) is 83.6. The minimum absolute atomic E-state index is 0.353. The lowest BCUT2D eigenvalue weighted by molar-refractivity contribution is 0.713. The Hall–Kier alpha value is -7.48. The molecule has 0 aliphatic heterocycles. The predicted molar refractivity (Wildman–Crippen MR) is 256 cm³/mol. The summed E-state index contributed by atoms with van der Waals surface area (Å²) in [7, 11) is 0. The fourth-order valence-corrected chi connectivity index (χ4v) is 11.1. The van der Waals surface area contributed by atoms with E-state index in [1.165, 1.54) is 99.7 Å². The summed E-state index contributed by atoms with van der Waals surface area (Å²) in [5.41, 5.74) is 18.2. The lowest BCUT2D eigenvalue weighted by atomic mass is 9.74. The highest BCUT2D eigenvalue weighted by atomic mass is 15.2. The molecule has 0 saturated heterocycles. The lowest BCUT2D eigenvalue weighted by Gasteiger charge is -2.34. The standard InChI is InChI=1S/C60H43N/c1-59(41-23-8-4-9-24-41)52-34-19-17-32-50(52)57-53(59)35-20-36-55(57)61(43-37-38-47-46-29-16-18-33-51(46)60(2,54(47)39-43)42-25-10-5-11-26-42)58-49-31-15-13-28-45(49)44-27-12-14-30-48(44)56(58)40-21-6-3-7-22-40/h3-39H,1-2H3. The molecule has 0 saturated carbocycles. The number of rotatable bonds is 6. The molecule has 12 rings (SSSR count). The van der Waals surface area contributed by atoms with Crippen molar-refractivity contribution in [2.24, 2.45) is 0 Å². The second-order valence-electron chi connectivity index (χ2n) is 17.0. The van der Waals surface area contributed by atoms with Gasteiger partial charge in [-0.15, -0.1) is 0 Å². The van der Waals surface area contributed by atoms with Crippen molar-refractivity contribution in [2.75, 3.05) is 4.90 Å². The summed E-state index contributed by atoms with van der Waals surface area (Å²) >= 11 is 0. The maximum atomic E-state index is 2.62. The number of benzene rings is 10. The van der Waals surface area contributed by atoms with E-state index in [0.717, 1.165) is 5.69 Å². The van der Waals surface area contributed by atoms with Gasteiger partial charge in [0.15, 0.2) is 0 Å². The average molecular weight is 778 g/mol. The Balaban J connectivity index is 1.24. The number of fused-ring (bicyclic) bond motifs is 9. The van der Waals surface area contributed by atoms with Crippen molar-refractivity contribution >= 4 is 38.6 Å². The molecule has 10 aromatic carbocycles. The van der Waals surface area contributed by atoms with E-state index in [4.69, 9.17) is 0 Å². The predicted octanol–water partition coefficient (Wildman–Crippen LogP) is 15.8. The van der Waals surface area contributed by atoms with Crippen LogP contribution in [-0.4, -0.2) is 0 Å². The van der Waals surface area contributed by atoms with Crippen LogP contribution in [0.4, 0.5) is 17.1 Å². The molecule has 61 heavy (non-hydrogen) atoms. The van der Waals surface area contributed by atoms with Crippen LogP contribution in [0, 0.1) is 0 Å². The van der Waals surface area contributed by atoms with Crippen molar-refractivity contribution in [3.63, 3.8) is 0 Å². The molecule has 0 radical (unpaired) electrons. The molecule has 0 aromatic heterocycles. The van der Waals surface area contributed by atoms with Crippen LogP contribution in [0.1, 0.15) is 47.2 Å². The van der Waals surface area contributed by atoms with E-state index in [-0.39, 0.29) is 10.8 Å². The van der Waals surface area contributed by atoms with Crippen LogP contribution in [-0.2, 0) is 10.8 Å². The van der Waals surface area contributed by atoms with Gasteiger partial charge in [-0.1, -0.05) is 206 Å². The van der Waals surface area contributed by atoms with Crippen molar-refractivity contribution in [2.45, 2.75) is 24.7 Å². The Morgan fingerprint density at radius 1 is 0.328 bits per heavy atom. The van der Waals surface area contributed by atoms with Gasteiger partial charge in [0.2, 0.25) is 0 Å². The quantitative estimate of drug-likeness (QED) is 0.152. The van der Waals surface area contributed by atoms with Gasteiger partial charge >= 0.3 is 0 Å². The molecule has 0 fully saturated rings. The zero-order chi connectivity index (χ0) is 40.7. The first-order valence-electron chi connectivity index (χ1n) is 21.4. The highest BCUT2D eigenvalue weighted by Crippen LogP contribution is 2.60. The molecule has 2 atom stereocenters. The highest BCUT2D eigenvalue weighted by molar-refractivity contribution is 6.23.